The van der Waals surface area contributed by atoms with Crippen LogP contribution in [-0.2, 0) is 4.79 Å². The highest BCUT2D eigenvalue weighted by atomic mass is 16.1. The number of hydrogen-bond donors (Lipinski definition) is 0. The smallest absolute Gasteiger partial charge is 0.160 e. The van der Waals surface area contributed by atoms with Gasteiger partial charge in [0.05, 0.1) is 0 Å². The molecule has 70 valence electrons. The van der Waals surface area contributed by atoms with Crippen molar-refractivity contribution in [3.8, 4) is 0 Å². The molecule has 0 unspecified atom stereocenters. The summed E-state index contributed by atoms with van der Waals surface area (Å²) in [6.07, 6.45) is 0.750. The van der Waals surface area contributed by atoms with Crippen molar-refractivity contribution in [2.75, 3.05) is 0 Å². The van der Waals surface area contributed by atoms with Crippen LogP contribution in [0, 0.1) is 6.92 Å². The number of ketones is 1. The monoisotopic (exact) mass is 178 g/mol. The Morgan fingerprint density at radius 2 is 1.77 bits per heavy atom. The van der Waals surface area contributed by atoms with E-state index in [1.165, 1.54) is 6.92 Å². The van der Waals surface area contributed by atoms with Gasteiger partial charge in [0.1, 0.15) is 6.29 Å². The Morgan fingerprint density at radius 3 is 2.08 bits per heavy atom. The van der Waals surface area contributed by atoms with Crippen LogP contribution in [-0.4, -0.2) is 12.1 Å². The van der Waals surface area contributed by atoms with E-state index in [-0.39, 0.29) is 5.78 Å². The summed E-state index contributed by atoms with van der Waals surface area (Å²) in [4.78, 5) is 19.7. The molecule has 1 rings (SSSR count). The molecule has 0 amide bonds. The van der Waals surface area contributed by atoms with Crippen LogP contribution in [0.1, 0.15) is 29.8 Å². The van der Waals surface area contributed by atoms with E-state index in [9.17, 15) is 4.79 Å². The van der Waals surface area contributed by atoms with Crippen LogP contribution in [0.5, 0.6) is 0 Å². The number of benzene rings is 1. The van der Waals surface area contributed by atoms with Crippen LogP contribution in [0.4, 0.5) is 0 Å². The van der Waals surface area contributed by atoms with Gasteiger partial charge in [0.2, 0.25) is 0 Å². The summed E-state index contributed by atoms with van der Waals surface area (Å²) in [7, 11) is 0. The maximum absolute atomic E-state index is 10.9. The summed E-state index contributed by atoms with van der Waals surface area (Å²) in [5.41, 5.74) is 1.87. The molecule has 0 saturated heterocycles. The van der Waals surface area contributed by atoms with Crippen LogP contribution in [0.25, 0.3) is 0 Å². The van der Waals surface area contributed by atoms with E-state index in [0.29, 0.717) is 0 Å². The normalized spacial score (nSPS) is 8.23. The summed E-state index contributed by atoms with van der Waals surface area (Å²) in [6.45, 7) is 4.97. The van der Waals surface area contributed by atoms with Gasteiger partial charge >= 0.3 is 0 Å². The standard InChI is InChI=1S/C9H10O.C2H4O/c1-7-5-3-4-6-9(7)8(2)10;1-2-3/h3-6H,1-2H3;2H,1H3. The summed E-state index contributed by atoms with van der Waals surface area (Å²) in [5, 5.41) is 0. The molecule has 0 N–H and O–H groups in total. The molecule has 0 bridgehead atoms. The average molecular weight is 178 g/mol. The summed E-state index contributed by atoms with van der Waals surface area (Å²) < 4.78 is 0. The van der Waals surface area contributed by atoms with Gasteiger partial charge in [-0.1, -0.05) is 24.3 Å². The fraction of sp³-hybridized carbons (Fsp3) is 0.273. The van der Waals surface area contributed by atoms with E-state index in [0.717, 1.165) is 17.4 Å². The molecule has 0 heterocycles. The van der Waals surface area contributed by atoms with Crippen LogP contribution in [0.2, 0.25) is 0 Å². The summed E-state index contributed by atoms with van der Waals surface area (Å²) in [6, 6.07) is 7.60. The van der Waals surface area contributed by atoms with E-state index in [1.54, 1.807) is 6.92 Å². The third kappa shape index (κ3) is 4.21. The number of rotatable bonds is 1. The first kappa shape index (κ1) is 11.6. The summed E-state index contributed by atoms with van der Waals surface area (Å²) >= 11 is 0. The summed E-state index contributed by atoms with van der Waals surface area (Å²) in [5.74, 6) is 0.137. The van der Waals surface area contributed by atoms with Crippen LogP contribution < -0.4 is 0 Å². The van der Waals surface area contributed by atoms with Crippen molar-refractivity contribution in [3.05, 3.63) is 35.4 Å². The van der Waals surface area contributed by atoms with Crippen molar-refractivity contribution >= 4 is 12.1 Å². The van der Waals surface area contributed by atoms with Crippen molar-refractivity contribution in [2.45, 2.75) is 20.8 Å². The largest absolute Gasteiger partial charge is 0.304 e. The molecule has 1 aromatic carbocycles. The second-order valence-electron chi connectivity index (χ2n) is 2.61. The molecule has 2 heteroatoms. The molecule has 0 aliphatic heterocycles. The third-order valence-electron chi connectivity index (χ3n) is 1.52. The lowest BCUT2D eigenvalue weighted by atomic mass is 10.1. The Balaban J connectivity index is 0.000000424. The molecule has 0 aromatic heterocycles. The molecule has 0 fully saturated rings. The highest BCUT2D eigenvalue weighted by Gasteiger charge is 1.99. The minimum absolute atomic E-state index is 0.137. The lowest BCUT2D eigenvalue weighted by molar-refractivity contribution is -0.106. The Morgan fingerprint density at radius 1 is 1.31 bits per heavy atom. The van der Waals surface area contributed by atoms with E-state index < -0.39 is 0 Å². The maximum atomic E-state index is 10.9. The quantitative estimate of drug-likeness (QED) is 0.489. The van der Waals surface area contributed by atoms with Gasteiger partial charge in [-0.05, 0) is 26.3 Å². The van der Waals surface area contributed by atoms with Gasteiger partial charge in [-0.15, -0.1) is 0 Å². The molecular weight excluding hydrogens is 164 g/mol. The molecule has 2 nitrogen and oxygen atoms in total. The number of Topliss-reactive ketones (excluding diaryl/α,β-unsaturated/α-hetero) is 1. The molecular formula is C11H14O2. The molecule has 0 spiro atoms. The number of carbonyl (C=O) groups excluding carboxylic acids is 2. The van der Waals surface area contributed by atoms with E-state index in [2.05, 4.69) is 0 Å². The molecule has 0 saturated carbocycles. The molecule has 0 radical (unpaired) electrons. The van der Waals surface area contributed by atoms with Gasteiger partial charge in [0, 0.05) is 5.56 Å². The molecule has 0 atom stereocenters. The third-order valence-corrected chi connectivity index (χ3v) is 1.52. The predicted octanol–water partition coefficient (Wildman–Crippen LogP) is 2.40. The van der Waals surface area contributed by atoms with E-state index in [1.807, 2.05) is 31.2 Å². The van der Waals surface area contributed by atoms with Crippen LogP contribution in [0.15, 0.2) is 24.3 Å². The molecule has 0 aliphatic rings. The van der Waals surface area contributed by atoms with E-state index >= 15 is 0 Å². The average Bonchev–Trinajstić information content (AvgIpc) is 2.06. The van der Waals surface area contributed by atoms with Gasteiger partial charge in [-0.3, -0.25) is 4.79 Å². The Kier molecular flexibility index (Phi) is 5.44. The van der Waals surface area contributed by atoms with Crippen molar-refractivity contribution < 1.29 is 9.59 Å². The molecule has 1 aromatic rings. The molecule has 13 heavy (non-hydrogen) atoms. The van der Waals surface area contributed by atoms with Gasteiger partial charge in [0.15, 0.2) is 5.78 Å². The minimum atomic E-state index is 0.137. The second-order valence-corrected chi connectivity index (χ2v) is 2.61. The van der Waals surface area contributed by atoms with Crippen molar-refractivity contribution in [1.29, 1.82) is 0 Å². The van der Waals surface area contributed by atoms with Crippen LogP contribution >= 0.6 is 0 Å². The van der Waals surface area contributed by atoms with Gasteiger partial charge in [-0.25, -0.2) is 0 Å². The lowest BCUT2D eigenvalue weighted by Gasteiger charge is -1.97. The minimum Gasteiger partial charge on any atom is -0.304 e. The number of aldehydes is 1. The Hall–Kier alpha value is -1.44. The van der Waals surface area contributed by atoms with Crippen LogP contribution in [0.3, 0.4) is 0 Å². The highest BCUT2D eigenvalue weighted by molar-refractivity contribution is 5.95. The Bertz CT molecular complexity index is 290. The van der Waals surface area contributed by atoms with Crippen molar-refractivity contribution in [1.82, 2.24) is 0 Å². The number of carbonyl (C=O) groups is 2. The molecule has 0 aliphatic carbocycles. The number of aryl methyl sites for hydroxylation is 1. The second kappa shape index (κ2) is 6.12. The zero-order valence-corrected chi connectivity index (χ0v) is 8.20. The maximum Gasteiger partial charge on any atom is 0.160 e. The van der Waals surface area contributed by atoms with Crippen molar-refractivity contribution in [2.24, 2.45) is 0 Å². The topological polar surface area (TPSA) is 34.1 Å². The zero-order valence-electron chi connectivity index (χ0n) is 8.20. The highest BCUT2D eigenvalue weighted by Crippen LogP contribution is 2.06. The lowest BCUT2D eigenvalue weighted by Crippen LogP contribution is -1.93. The first-order chi connectivity index (χ1) is 6.13. The van der Waals surface area contributed by atoms with Gasteiger partial charge in [0.25, 0.3) is 0 Å². The van der Waals surface area contributed by atoms with Crippen molar-refractivity contribution in [3.63, 3.8) is 0 Å². The van der Waals surface area contributed by atoms with Gasteiger partial charge in [-0.2, -0.15) is 0 Å². The first-order valence-electron chi connectivity index (χ1n) is 4.09. The fourth-order valence-electron chi connectivity index (χ4n) is 0.968. The predicted molar refractivity (Wildman–Crippen MR) is 52.9 cm³/mol. The Labute approximate surface area is 78.6 Å². The fourth-order valence-corrected chi connectivity index (χ4v) is 0.968. The zero-order chi connectivity index (χ0) is 10.3. The SMILES string of the molecule is CC(=O)c1ccccc1C.CC=O. The van der Waals surface area contributed by atoms with E-state index in [4.69, 9.17) is 4.79 Å². The first-order valence-corrected chi connectivity index (χ1v) is 4.09. The number of hydrogen-bond acceptors (Lipinski definition) is 2. The van der Waals surface area contributed by atoms with Gasteiger partial charge < -0.3 is 4.79 Å².